The number of nitrogens with two attached hydrogens (primary N) is 2. The van der Waals surface area contributed by atoms with Crippen LogP contribution in [0, 0.1) is 0 Å². The van der Waals surface area contributed by atoms with Crippen molar-refractivity contribution < 1.29 is 19.2 Å². The molecule has 0 rings (SSSR count). The first kappa shape index (κ1) is 16.2. The number of carbonyl (C=O) groups is 4. The van der Waals surface area contributed by atoms with Crippen molar-refractivity contribution in [2.75, 3.05) is 13.1 Å². The molecule has 2 unspecified atom stereocenters. The van der Waals surface area contributed by atoms with E-state index in [1.54, 1.807) is 0 Å². The van der Waals surface area contributed by atoms with E-state index in [2.05, 4.69) is 10.6 Å². The van der Waals surface area contributed by atoms with Gasteiger partial charge in [0, 0.05) is 13.1 Å². The summed E-state index contributed by atoms with van der Waals surface area (Å²) in [5.41, 5.74) is 10.0. The number of hydrogen-bond donors (Lipinski definition) is 4. The van der Waals surface area contributed by atoms with Gasteiger partial charge in [0.2, 0.25) is 11.8 Å². The predicted molar refractivity (Wildman–Crippen MR) is 63.3 cm³/mol. The number of ketones is 2. The van der Waals surface area contributed by atoms with Gasteiger partial charge < -0.3 is 11.5 Å². The van der Waals surface area contributed by atoms with Gasteiger partial charge in [-0.05, 0) is 13.8 Å². The summed E-state index contributed by atoms with van der Waals surface area (Å²) in [5, 5.41) is 5.20. The van der Waals surface area contributed by atoms with Gasteiger partial charge in [-0.25, -0.2) is 0 Å². The fourth-order valence-corrected chi connectivity index (χ4v) is 1.32. The molecule has 2 atom stereocenters. The van der Waals surface area contributed by atoms with E-state index in [9.17, 15) is 19.2 Å². The van der Waals surface area contributed by atoms with Gasteiger partial charge in [0.05, 0.1) is 0 Å². The maximum atomic E-state index is 11.0. The highest BCUT2D eigenvalue weighted by atomic mass is 16.2. The lowest BCUT2D eigenvalue weighted by Gasteiger charge is -2.15. The Kier molecular flexibility index (Phi) is 6.76. The first-order valence-corrected chi connectivity index (χ1v) is 5.33. The Labute approximate surface area is 104 Å². The van der Waals surface area contributed by atoms with E-state index >= 15 is 0 Å². The van der Waals surface area contributed by atoms with Crippen molar-refractivity contribution in [3.63, 3.8) is 0 Å². The molecule has 0 saturated heterocycles. The van der Waals surface area contributed by atoms with Gasteiger partial charge in [0.1, 0.15) is 12.1 Å². The molecule has 0 aromatic heterocycles. The van der Waals surface area contributed by atoms with Gasteiger partial charge >= 0.3 is 0 Å². The third-order valence-corrected chi connectivity index (χ3v) is 2.20. The summed E-state index contributed by atoms with van der Waals surface area (Å²) < 4.78 is 0. The van der Waals surface area contributed by atoms with Crippen LogP contribution in [-0.4, -0.2) is 48.6 Å². The summed E-state index contributed by atoms with van der Waals surface area (Å²) >= 11 is 0. The minimum absolute atomic E-state index is 0.185. The molecule has 18 heavy (non-hydrogen) atoms. The zero-order valence-electron chi connectivity index (χ0n) is 10.4. The van der Waals surface area contributed by atoms with E-state index in [0.29, 0.717) is 0 Å². The topological polar surface area (TPSA) is 144 Å². The Morgan fingerprint density at radius 3 is 1.28 bits per heavy atom. The first-order chi connectivity index (χ1) is 8.27. The lowest BCUT2D eigenvalue weighted by Crippen LogP contribution is -2.51. The predicted octanol–water partition coefficient (Wildman–Crippen LogP) is -2.95. The van der Waals surface area contributed by atoms with Crippen LogP contribution in [0.1, 0.15) is 13.8 Å². The first-order valence-electron chi connectivity index (χ1n) is 5.33. The van der Waals surface area contributed by atoms with E-state index in [0.717, 1.165) is 0 Å². The molecular formula is C10H18N4O4. The summed E-state index contributed by atoms with van der Waals surface area (Å²) in [6.07, 6.45) is 0. The summed E-state index contributed by atoms with van der Waals surface area (Å²) in [7, 11) is 0. The molecule has 0 bridgehead atoms. The van der Waals surface area contributed by atoms with Crippen LogP contribution in [0.3, 0.4) is 0 Å². The zero-order chi connectivity index (χ0) is 14.3. The second-order valence-electron chi connectivity index (χ2n) is 3.80. The van der Waals surface area contributed by atoms with Gasteiger partial charge in [0.25, 0.3) is 0 Å². The molecule has 0 heterocycles. The fourth-order valence-electron chi connectivity index (χ4n) is 1.32. The van der Waals surface area contributed by atoms with Crippen molar-refractivity contribution >= 4 is 23.4 Å². The summed E-state index contributed by atoms with van der Waals surface area (Å²) in [6, 6.07) is -2.15. The van der Waals surface area contributed by atoms with Crippen molar-refractivity contribution in [3.05, 3.63) is 0 Å². The van der Waals surface area contributed by atoms with Crippen LogP contribution < -0.4 is 22.1 Å². The molecular weight excluding hydrogens is 240 g/mol. The number of hydrogen-bond acceptors (Lipinski definition) is 6. The molecule has 102 valence electrons. The molecule has 0 aliphatic heterocycles. The van der Waals surface area contributed by atoms with Crippen molar-refractivity contribution in [1.29, 1.82) is 0 Å². The highest BCUT2D eigenvalue weighted by Gasteiger charge is 2.21. The molecule has 8 heteroatoms. The average Bonchev–Trinajstić information content (AvgIpc) is 2.20. The SMILES string of the molecule is CC(=O)C(NCCNC(C(C)=O)C(N)=O)C(N)=O. The standard InChI is InChI=1S/C10H18N4O4/c1-5(15)7(9(11)17)13-3-4-14-8(6(2)16)10(12)18/h7-8,13-14H,3-4H2,1-2H3,(H2,11,17)(H2,12,18). The van der Waals surface area contributed by atoms with E-state index in [1.165, 1.54) is 13.8 Å². The van der Waals surface area contributed by atoms with Crippen molar-refractivity contribution in [2.24, 2.45) is 11.5 Å². The molecule has 0 radical (unpaired) electrons. The van der Waals surface area contributed by atoms with Crippen LogP contribution in [-0.2, 0) is 19.2 Å². The third kappa shape index (κ3) is 5.51. The van der Waals surface area contributed by atoms with Crippen LogP contribution in [0.4, 0.5) is 0 Å². The molecule has 0 spiro atoms. The van der Waals surface area contributed by atoms with Crippen molar-refractivity contribution in [3.8, 4) is 0 Å². The lowest BCUT2D eigenvalue weighted by atomic mass is 10.2. The van der Waals surface area contributed by atoms with Crippen molar-refractivity contribution in [2.45, 2.75) is 25.9 Å². The van der Waals surface area contributed by atoms with Gasteiger partial charge in [-0.15, -0.1) is 0 Å². The van der Waals surface area contributed by atoms with Gasteiger partial charge in [-0.3, -0.25) is 29.8 Å². The van der Waals surface area contributed by atoms with Crippen LogP contribution in [0.2, 0.25) is 0 Å². The van der Waals surface area contributed by atoms with Crippen LogP contribution in [0.15, 0.2) is 0 Å². The van der Waals surface area contributed by atoms with Gasteiger partial charge in [0.15, 0.2) is 11.6 Å². The molecule has 0 aliphatic carbocycles. The zero-order valence-corrected chi connectivity index (χ0v) is 10.4. The highest BCUT2D eigenvalue weighted by Crippen LogP contribution is 1.86. The van der Waals surface area contributed by atoms with Gasteiger partial charge in [-0.1, -0.05) is 0 Å². The highest BCUT2D eigenvalue weighted by molar-refractivity contribution is 6.04. The number of rotatable bonds is 9. The normalized spacial score (nSPS) is 13.7. The minimum Gasteiger partial charge on any atom is -0.368 e. The number of nitrogens with one attached hydrogen (secondary N) is 2. The fraction of sp³-hybridized carbons (Fsp3) is 0.600. The number of Topliss-reactive ketones (excluding diaryl/α,β-unsaturated/α-hetero) is 2. The second kappa shape index (κ2) is 7.51. The molecule has 8 nitrogen and oxygen atoms in total. The van der Waals surface area contributed by atoms with E-state index in [1.807, 2.05) is 0 Å². The van der Waals surface area contributed by atoms with Gasteiger partial charge in [-0.2, -0.15) is 0 Å². The minimum atomic E-state index is -1.07. The molecule has 0 aromatic rings. The third-order valence-electron chi connectivity index (χ3n) is 2.20. The summed E-state index contributed by atoms with van der Waals surface area (Å²) in [4.78, 5) is 43.8. The van der Waals surface area contributed by atoms with Crippen molar-refractivity contribution in [1.82, 2.24) is 10.6 Å². The molecule has 2 amide bonds. The van der Waals surface area contributed by atoms with Crippen LogP contribution in [0.25, 0.3) is 0 Å². The summed E-state index contributed by atoms with van der Waals surface area (Å²) in [5.74, 6) is -2.36. The second-order valence-corrected chi connectivity index (χ2v) is 3.80. The largest absolute Gasteiger partial charge is 0.368 e. The quantitative estimate of drug-likeness (QED) is 0.257. The van der Waals surface area contributed by atoms with E-state index in [-0.39, 0.29) is 13.1 Å². The summed E-state index contributed by atoms with van der Waals surface area (Å²) in [6.45, 7) is 2.84. The number of amides is 2. The monoisotopic (exact) mass is 258 g/mol. The molecule has 0 aliphatic rings. The smallest absolute Gasteiger partial charge is 0.242 e. The Bertz CT molecular complexity index is 294. The molecule has 6 N–H and O–H groups in total. The number of primary amides is 2. The molecule has 0 saturated carbocycles. The maximum absolute atomic E-state index is 11.0. The Morgan fingerprint density at radius 2 is 1.11 bits per heavy atom. The Balaban J connectivity index is 4.12. The lowest BCUT2D eigenvalue weighted by molar-refractivity contribution is -0.130. The molecule has 0 fully saturated rings. The molecule has 0 aromatic carbocycles. The Hall–Kier alpha value is -1.80. The van der Waals surface area contributed by atoms with Crippen LogP contribution >= 0.6 is 0 Å². The average molecular weight is 258 g/mol. The van der Waals surface area contributed by atoms with E-state index in [4.69, 9.17) is 11.5 Å². The maximum Gasteiger partial charge on any atom is 0.242 e. The Morgan fingerprint density at radius 1 is 0.833 bits per heavy atom. The van der Waals surface area contributed by atoms with Crippen LogP contribution in [0.5, 0.6) is 0 Å². The van der Waals surface area contributed by atoms with E-state index < -0.39 is 35.5 Å². The number of carbonyl (C=O) groups excluding carboxylic acids is 4.